The first-order chi connectivity index (χ1) is 9.61. The number of rotatable bonds is 5. The molecule has 1 aliphatic rings. The van der Waals surface area contributed by atoms with Gasteiger partial charge >= 0.3 is 5.97 Å². The summed E-state index contributed by atoms with van der Waals surface area (Å²) in [4.78, 5) is 23.2. The van der Waals surface area contributed by atoms with Gasteiger partial charge < -0.3 is 15.4 Å². The number of carbonyl (C=O) groups excluding carboxylic acids is 2. The summed E-state index contributed by atoms with van der Waals surface area (Å²) < 4.78 is 5.03. The van der Waals surface area contributed by atoms with E-state index in [2.05, 4.69) is 16.7 Å². The van der Waals surface area contributed by atoms with Crippen LogP contribution in [0.25, 0.3) is 0 Å². The van der Waals surface area contributed by atoms with Crippen molar-refractivity contribution in [1.82, 2.24) is 5.32 Å². The minimum Gasteiger partial charge on any atom is -0.464 e. The van der Waals surface area contributed by atoms with Crippen LogP contribution in [0.1, 0.15) is 31.7 Å². The van der Waals surface area contributed by atoms with Crippen molar-refractivity contribution in [3.63, 3.8) is 0 Å². The first-order valence-corrected chi connectivity index (χ1v) is 6.88. The number of ether oxygens (including phenoxy) is 1. The molecule has 1 aliphatic heterocycles. The minimum atomic E-state index is -0.592. The summed E-state index contributed by atoms with van der Waals surface area (Å²) in [5.41, 5.74) is 2.29. The molecule has 2 atom stereocenters. The van der Waals surface area contributed by atoms with E-state index in [0.717, 1.165) is 12.2 Å². The van der Waals surface area contributed by atoms with Crippen LogP contribution in [0, 0.1) is 0 Å². The lowest BCUT2D eigenvalue weighted by atomic mass is 9.94. The van der Waals surface area contributed by atoms with Crippen molar-refractivity contribution in [2.24, 2.45) is 0 Å². The fourth-order valence-corrected chi connectivity index (χ4v) is 2.55. The molecule has 0 aliphatic carbocycles. The maximum Gasteiger partial charge on any atom is 0.328 e. The van der Waals surface area contributed by atoms with Crippen LogP contribution in [-0.4, -0.2) is 31.1 Å². The van der Waals surface area contributed by atoms with Gasteiger partial charge in [-0.1, -0.05) is 18.2 Å². The molecule has 0 radical (unpaired) electrons. The SMILES string of the molecule is CCOC(=O)C(CC1CNc2ccccc21)NC(C)=O. The quantitative estimate of drug-likeness (QED) is 0.803. The third-order valence-corrected chi connectivity index (χ3v) is 3.41. The molecule has 0 saturated heterocycles. The molecule has 108 valence electrons. The fraction of sp³-hybridized carbons (Fsp3) is 0.467. The Kier molecular flexibility index (Phi) is 4.61. The lowest BCUT2D eigenvalue weighted by Gasteiger charge is -2.20. The molecule has 1 amide bonds. The van der Waals surface area contributed by atoms with Gasteiger partial charge in [-0.05, 0) is 25.0 Å². The molecule has 2 rings (SSSR count). The van der Waals surface area contributed by atoms with E-state index in [4.69, 9.17) is 4.74 Å². The van der Waals surface area contributed by atoms with Crippen molar-refractivity contribution in [3.8, 4) is 0 Å². The van der Waals surface area contributed by atoms with E-state index in [1.54, 1.807) is 6.92 Å². The second-order valence-electron chi connectivity index (χ2n) is 4.91. The van der Waals surface area contributed by atoms with Crippen LogP contribution in [0.5, 0.6) is 0 Å². The molecule has 1 aromatic carbocycles. The van der Waals surface area contributed by atoms with Gasteiger partial charge in [0.1, 0.15) is 6.04 Å². The maximum absolute atomic E-state index is 11.9. The number of esters is 1. The van der Waals surface area contributed by atoms with Crippen molar-refractivity contribution in [1.29, 1.82) is 0 Å². The van der Waals surface area contributed by atoms with Crippen LogP contribution in [0.2, 0.25) is 0 Å². The van der Waals surface area contributed by atoms with Gasteiger partial charge in [-0.25, -0.2) is 4.79 Å². The molecule has 2 unspecified atom stereocenters. The molecule has 1 aromatic rings. The van der Waals surface area contributed by atoms with Crippen LogP contribution in [0.3, 0.4) is 0 Å². The third kappa shape index (κ3) is 3.29. The van der Waals surface area contributed by atoms with Gasteiger partial charge in [-0.3, -0.25) is 4.79 Å². The van der Waals surface area contributed by atoms with E-state index >= 15 is 0 Å². The molecule has 0 spiro atoms. The summed E-state index contributed by atoms with van der Waals surface area (Å²) in [7, 11) is 0. The average molecular weight is 276 g/mol. The van der Waals surface area contributed by atoms with Gasteiger partial charge in [-0.2, -0.15) is 0 Å². The topological polar surface area (TPSA) is 67.4 Å². The van der Waals surface area contributed by atoms with Gasteiger partial charge in [0.2, 0.25) is 5.91 Å². The highest BCUT2D eigenvalue weighted by Crippen LogP contribution is 2.34. The monoisotopic (exact) mass is 276 g/mol. The van der Waals surface area contributed by atoms with Crippen LogP contribution < -0.4 is 10.6 Å². The number of fused-ring (bicyclic) bond motifs is 1. The molecule has 2 N–H and O–H groups in total. The molecule has 5 nitrogen and oxygen atoms in total. The normalized spacial score (nSPS) is 17.8. The molecular formula is C15H20N2O3. The van der Waals surface area contributed by atoms with E-state index < -0.39 is 6.04 Å². The van der Waals surface area contributed by atoms with E-state index in [0.29, 0.717) is 13.0 Å². The summed E-state index contributed by atoms with van der Waals surface area (Å²) >= 11 is 0. The van der Waals surface area contributed by atoms with Crippen LogP contribution in [0.15, 0.2) is 24.3 Å². The van der Waals surface area contributed by atoms with E-state index in [1.807, 2.05) is 18.2 Å². The molecule has 0 saturated carbocycles. The highest BCUT2D eigenvalue weighted by Gasteiger charge is 2.29. The first kappa shape index (κ1) is 14.4. The molecule has 1 heterocycles. The Morgan fingerprint density at radius 1 is 1.45 bits per heavy atom. The highest BCUT2D eigenvalue weighted by atomic mass is 16.5. The number of carbonyl (C=O) groups is 2. The number of benzene rings is 1. The molecular weight excluding hydrogens is 256 g/mol. The van der Waals surface area contributed by atoms with Gasteiger partial charge in [0.05, 0.1) is 6.61 Å². The number of hydrogen-bond donors (Lipinski definition) is 2. The molecule has 0 fully saturated rings. The summed E-state index contributed by atoms with van der Waals surface area (Å²) in [6.45, 7) is 4.26. The summed E-state index contributed by atoms with van der Waals surface area (Å²) in [6, 6.07) is 7.44. The van der Waals surface area contributed by atoms with Crippen molar-refractivity contribution in [2.75, 3.05) is 18.5 Å². The third-order valence-electron chi connectivity index (χ3n) is 3.41. The second kappa shape index (κ2) is 6.41. The lowest BCUT2D eigenvalue weighted by molar-refractivity contribution is -0.147. The number of anilines is 1. The highest BCUT2D eigenvalue weighted by molar-refractivity contribution is 5.83. The number of para-hydroxylation sites is 1. The molecule has 5 heteroatoms. The van der Waals surface area contributed by atoms with Gasteiger partial charge in [0.25, 0.3) is 0 Å². The Hall–Kier alpha value is -2.04. The first-order valence-electron chi connectivity index (χ1n) is 6.88. The largest absolute Gasteiger partial charge is 0.464 e. The van der Waals surface area contributed by atoms with Crippen LogP contribution >= 0.6 is 0 Å². The summed E-state index contributed by atoms with van der Waals surface area (Å²) in [5, 5.41) is 6.00. The van der Waals surface area contributed by atoms with E-state index in [1.165, 1.54) is 12.5 Å². The Morgan fingerprint density at radius 2 is 2.20 bits per heavy atom. The molecule has 0 bridgehead atoms. The Bertz CT molecular complexity index is 502. The van der Waals surface area contributed by atoms with Crippen LogP contribution in [-0.2, 0) is 14.3 Å². The zero-order valence-electron chi connectivity index (χ0n) is 11.8. The van der Waals surface area contributed by atoms with Gasteiger partial charge in [-0.15, -0.1) is 0 Å². The number of hydrogen-bond acceptors (Lipinski definition) is 4. The Labute approximate surface area is 118 Å². The zero-order valence-corrected chi connectivity index (χ0v) is 11.8. The predicted molar refractivity (Wildman–Crippen MR) is 76.5 cm³/mol. The standard InChI is InChI=1S/C15H20N2O3/c1-3-20-15(19)14(17-10(2)18)8-11-9-16-13-7-5-4-6-12(11)13/h4-7,11,14,16H,3,8-9H2,1-2H3,(H,17,18). The smallest absolute Gasteiger partial charge is 0.328 e. The zero-order chi connectivity index (χ0) is 14.5. The van der Waals surface area contributed by atoms with Crippen molar-refractivity contribution < 1.29 is 14.3 Å². The minimum absolute atomic E-state index is 0.201. The Morgan fingerprint density at radius 3 is 2.90 bits per heavy atom. The van der Waals surface area contributed by atoms with Gasteiger partial charge in [0, 0.05) is 25.1 Å². The fourth-order valence-electron chi connectivity index (χ4n) is 2.55. The van der Waals surface area contributed by atoms with Crippen molar-refractivity contribution >= 4 is 17.6 Å². The molecule has 20 heavy (non-hydrogen) atoms. The summed E-state index contributed by atoms with van der Waals surface area (Å²) in [6.07, 6.45) is 0.544. The maximum atomic E-state index is 11.9. The van der Waals surface area contributed by atoms with Gasteiger partial charge in [0.15, 0.2) is 0 Å². The second-order valence-corrected chi connectivity index (χ2v) is 4.91. The van der Waals surface area contributed by atoms with E-state index in [9.17, 15) is 9.59 Å². The number of nitrogens with one attached hydrogen (secondary N) is 2. The lowest BCUT2D eigenvalue weighted by Crippen LogP contribution is -2.42. The van der Waals surface area contributed by atoms with Crippen LogP contribution in [0.4, 0.5) is 5.69 Å². The average Bonchev–Trinajstić information content (AvgIpc) is 2.81. The Balaban J connectivity index is 2.08. The predicted octanol–water partition coefficient (Wildman–Crippen LogP) is 1.65. The van der Waals surface area contributed by atoms with Crippen molar-refractivity contribution in [2.45, 2.75) is 32.2 Å². The van der Waals surface area contributed by atoms with Crippen molar-refractivity contribution in [3.05, 3.63) is 29.8 Å². The molecule has 0 aromatic heterocycles. The summed E-state index contributed by atoms with van der Waals surface area (Å²) in [5.74, 6) is -0.387. The van der Waals surface area contributed by atoms with E-state index in [-0.39, 0.29) is 17.8 Å². The number of amides is 1.